The molecule has 1 N–H and O–H groups in total. The van der Waals surface area contributed by atoms with Crippen LogP contribution >= 0.6 is 11.8 Å². The Bertz CT molecular complexity index is 276. The molecule has 118 valence electrons. The van der Waals surface area contributed by atoms with Crippen molar-refractivity contribution < 1.29 is 0 Å². The van der Waals surface area contributed by atoms with E-state index in [1.807, 2.05) is 0 Å². The van der Waals surface area contributed by atoms with Crippen LogP contribution in [0.1, 0.15) is 59.3 Å². The van der Waals surface area contributed by atoms with Crippen molar-refractivity contribution in [3.05, 3.63) is 0 Å². The maximum atomic E-state index is 3.97. The Kier molecular flexibility index (Phi) is 6.70. The minimum Gasteiger partial charge on any atom is -0.308 e. The normalized spacial score (nSPS) is 28.6. The number of nitrogens with one attached hydrogen (secondary N) is 1. The van der Waals surface area contributed by atoms with Crippen LogP contribution in [-0.2, 0) is 0 Å². The van der Waals surface area contributed by atoms with E-state index in [9.17, 15) is 0 Å². The number of hydrogen-bond donors (Lipinski definition) is 1. The van der Waals surface area contributed by atoms with E-state index < -0.39 is 0 Å². The van der Waals surface area contributed by atoms with Gasteiger partial charge < -0.3 is 5.32 Å². The first-order valence-corrected chi connectivity index (χ1v) is 9.93. The lowest BCUT2D eigenvalue weighted by atomic mass is 9.78. The van der Waals surface area contributed by atoms with Gasteiger partial charge in [-0.05, 0) is 24.5 Å². The molecule has 1 saturated carbocycles. The molecule has 1 spiro atoms. The number of piperazine rings is 1. The number of nitrogens with zero attached hydrogens (tertiary/aromatic N) is 1. The van der Waals surface area contributed by atoms with E-state index in [-0.39, 0.29) is 0 Å². The van der Waals surface area contributed by atoms with Crippen LogP contribution in [-0.4, -0.2) is 47.6 Å². The third-order valence-electron chi connectivity index (χ3n) is 5.50. The molecule has 1 saturated heterocycles. The third kappa shape index (κ3) is 4.14. The molecule has 0 amide bonds. The number of rotatable bonds is 6. The van der Waals surface area contributed by atoms with E-state index in [1.54, 1.807) is 0 Å². The first kappa shape index (κ1) is 16.6. The van der Waals surface area contributed by atoms with Crippen LogP contribution in [0.5, 0.6) is 0 Å². The molecule has 2 unspecified atom stereocenters. The van der Waals surface area contributed by atoms with Crippen LogP contribution < -0.4 is 5.32 Å². The molecule has 1 aliphatic carbocycles. The lowest BCUT2D eigenvalue weighted by Gasteiger charge is -2.51. The highest BCUT2D eigenvalue weighted by atomic mass is 32.2. The van der Waals surface area contributed by atoms with Gasteiger partial charge in [-0.2, -0.15) is 11.8 Å². The first-order chi connectivity index (χ1) is 9.71. The van der Waals surface area contributed by atoms with Crippen LogP contribution in [0, 0.1) is 5.92 Å². The highest BCUT2D eigenvalue weighted by molar-refractivity contribution is 7.99. The zero-order valence-electron chi connectivity index (χ0n) is 13.8. The van der Waals surface area contributed by atoms with Gasteiger partial charge in [0.1, 0.15) is 0 Å². The molecule has 0 aromatic rings. The van der Waals surface area contributed by atoms with Crippen molar-refractivity contribution in [1.29, 1.82) is 0 Å². The molecule has 1 aliphatic heterocycles. The molecule has 0 bridgehead atoms. The molecular weight excluding hydrogens is 264 g/mol. The SMILES string of the molecule is CCSCCN1CC2(CCCCC2)NCC1C(C)CC. The van der Waals surface area contributed by atoms with Crippen LogP contribution in [0.2, 0.25) is 0 Å². The van der Waals surface area contributed by atoms with Crippen molar-refractivity contribution in [3.63, 3.8) is 0 Å². The Hall–Kier alpha value is 0.270. The Balaban J connectivity index is 1.97. The van der Waals surface area contributed by atoms with Crippen molar-refractivity contribution in [1.82, 2.24) is 10.2 Å². The summed E-state index contributed by atoms with van der Waals surface area (Å²) < 4.78 is 0. The van der Waals surface area contributed by atoms with E-state index in [4.69, 9.17) is 0 Å². The highest BCUT2D eigenvalue weighted by Crippen LogP contribution is 2.33. The van der Waals surface area contributed by atoms with Gasteiger partial charge in [-0.3, -0.25) is 4.90 Å². The Morgan fingerprint density at radius 1 is 1.25 bits per heavy atom. The zero-order chi connectivity index (χ0) is 14.4. The van der Waals surface area contributed by atoms with E-state index in [0.717, 1.165) is 12.0 Å². The smallest absolute Gasteiger partial charge is 0.0309 e. The largest absolute Gasteiger partial charge is 0.308 e. The van der Waals surface area contributed by atoms with Gasteiger partial charge in [-0.15, -0.1) is 0 Å². The fraction of sp³-hybridized carbons (Fsp3) is 1.00. The average molecular weight is 299 g/mol. The summed E-state index contributed by atoms with van der Waals surface area (Å²) in [6.07, 6.45) is 8.41. The van der Waals surface area contributed by atoms with Gasteiger partial charge in [0.2, 0.25) is 0 Å². The monoisotopic (exact) mass is 298 g/mol. The molecule has 2 nitrogen and oxygen atoms in total. The predicted octanol–water partition coefficient (Wildman–Crippen LogP) is 3.76. The summed E-state index contributed by atoms with van der Waals surface area (Å²) in [5.41, 5.74) is 0.457. The molecule has 0 aromatic heterocycles. The summed E-state index contributed by atoms with van der Waals surface area (Å²) in [5.74, 6) is 3.38. The van der Waals surface area contributed by atoms with Gasteiger partial charge in [0.25, 0.3) is 0 Å². The summed E-state index contributed by atoms with van der Waals surface area (Å²) >= 11 is 2.10. The second kappa shape index (κ2) is 8.05. The number of thioether (sulfide) groups is 1. The second-order valence-corrected chi connectivity index (χ2v) is 8.24. The Morgan fingerprint density at radius 3 is 2.65 bits per heavy atom. The summed E-state index contributed by atoms with van der Waals surface area (Å²) in [7, 11) is 0. The van der Waals surface area contributed by atoms with Crippen LogP contribution in [0.4, 0.5) is 0 Å². The molecule has 2 atom stereocenters. The van der Waals surface area contributed by atoms with E-state index in [0.29, 0.717) is 5.54 Å². The Morgan fingerprint density at radius 2 is 2.00 bits per heavy atom. The fourth-order valence-corrected chi connectivity index (χ4v) is 4.63. The van der Waals surface area contributed by atoms with Crippen molar-refractivity contribution in [2.45, 2.75) is 70.9 Å². The topological polar surface area (TPSA) is 15.3 Å². The standard InChI is InChI=1S/C17H34N2S/c1-4-15(3)16-13-18-17(9-7-6-8-10-17)14-19(16)11-12-20-5-2/h15-16,18H,4-14H2,1-3H3. The Labute approximate surface area is 130 Å². The molecule has 20 heavy (non-hydrogen) atoms. The summed E-state index contributed by atoms with van der Waals surface area (Å²) in [5, 5.41) is 3.97. The van der Waals surface area contributed by atoms with Gasteiger partial charge in [-0.25, -0.2) is 0 Å². The minimum atomic E-state index is 0.457. The molecule has 0 aromatic carbocycles. The molecule has 0 radical (unpaired) electrons. The first-order valence-electron chi connectivity index (χ1n) is 8.77. The predicted molar refractivity (Wildman–Crippen MR) is 91.6 cm³/mol. The summed E-state index contributed by atoms with van der Waals surface area (Å²) in [6, 6.07) is 0.755. The fourth-order valence-electron chi connectivity index (χ4n) is 3.98. The maximum absolute atomic E-state index is 3.97. The van der Waals surface area contributed by atoms with Gasteiger partial charge in [0.05, 0.1) is 0 Å². The van der Waals surface area contributed by atoms with Gasteiger partial charge in [0, 0.05) is 37.0 Å². The van der Waals surface area contributed by atoms with Crippen molar-refractivity contribution in [2.24, 2.45) is 5.92 Å². The quantitative estimate of drug-likeness (QED) is 0.752. The van der Waals surface area contributed by atoms with Crippen LogP contribution in [0.25, 0.3) is 0 Å². The highest BCUT2D eigenvalue weighted by Gasteiger charge is 2.40. The molecule has 2 rings (SSSR count). The third-order valence-corrected chi connectivity index (χ3v) is 6.38. The van der Waals surface area contributed by atoms with Gasteiger partial charge >= 0.3 is 0 Å². The van der Waals surface area contributed by atoms with Crippen molar-refractivity contribution >= 4 is 11.8 Å². The molecule has 1 heterocycles. The molecule has 2 fully saturated rings. The lowest BCUT2D eigenvalue weighted by Crippen LogP contribution is -2.66. The molecule has 3 heteroatoms. The van der Waals surface area contributed by atoms with Crippen LogP contribution in [0.3, 0.4) is 0 Å². The summed E-state index contributed by atoms with van der Waals surface area (Å²) in [4.78, 5) is 2.83. The minimum absolute atomic E-state index is 0.457. The second-order valence-electron chi connectivity index (χ2n) is 6.84. The van der Waals surface area contributed by atoms with E-state index in [1.165, 1.54) is 69.7 Å². The van der Waals surface area contributed by atoms with E-state index >= 15 is 0 Å². The van der Waals surface area contributed by atoms with Crippen molar-refractivity contribution in [3.8, 4) is 0 Å². The zero-order valence-corrected chi connectivity index (χ0v) is 14.6. The van der Waals surface area contributed by atoms with Crippen LogP contribution in [0.15, 0.2) is 0 Å². The maximum Gasteiger partial charge on any atom is 0.0309 e. The number of hydrogen-bond acceptors (Lipinski definition) is 3. The summed E-state index contributed by atoms with van der Waals surface area (Å²) in [6.45, 7) is 10.9. The van der Waals surface area contributed by atoms with Crippen molar-refractivity contribution in [2.75, 3.05) is 31.1 Å². The van der Waals surface area contributed by atoms with Gasteiger partial charge in [0.15, 0.2) is 0 Å². The van der Waals surface area contributed by atoms with Gasteiger partial charge in [-0.1, -0.05) is 46.5 Å². The molecular formula is C17H34N2S. The average Bonchev–Trinajstić information content (AvgIpc) is 2.48. The molecule has 2 aliphatic rings. The lowest BCUT2D eigenvalue weighted by molar-refractivity contribution is 0.0370. The van der Waals surface area contributed by atoms with E-state index in [2.05, 4.69) is 42.7 Å².